The maximum atomic E-state index is 14.6. The molecule has 138 valence electrons. The minimum absolute atomic E-state index is 0.373. The largest absolute Gasteiger partial charge is 0.386 e. The van der Waals surface area contributed by atoms with Gasteiger partial charge in [-0.25, -0.2) is 9.37 Å². The molecule has 0 unspecified atom stereocenters. The van der Waals surface area contributed by atoms with E-state index in [9.17, 15) is 14.8 Å². The molecule has 5 heteroatoms. The summed E-state index contributed by atoms with van der Waals surface area (Å²) < 4.78 is 16.4. The van der Waals surface area contributed by atoms with Gasteiger partial charge in [-0.15, -0.1) is 0 Å². The lowest BCUT2D eigenvalue weighted by Crippen LogP contribution is -2.15. The van der Waals surface area contributed by atoms with Gasteiger partial charge in [-0.3, -0.25) is 4.40 Å². The van der Waals surface area contributed by atoms with Crippen molar-refractivity contribution >= 4 is 5.65 Å². The van der Waals surface area contributed by atoms with E-state index >= 15 is 0 Å². The zero-order valence-electron chi connectivity index (χ0n) is 15.5. The van der Waals surface area contributed by atoms with E-state index in [0.717, 1.165) is 16.8 Å². The lowest BCUT2D eigenvalue weighted by atomic mass is 9.97. The number of aliphatic hydroxyl groups is 1. The molecule has 2 aromatic heterocycles. The van der Waals surface area contributed by atoms with Crippen molar-refractivity contribution in [1.82, 2.24) is 9.38 Å². The highest BCUT2D eigenvalue weighted by molar-refractivity contribution is 5.76. The first-order valence-electron chi connectivity index (χ1n) is 8.88. The minimum Gasteiger partial charge on any atom is -0.386 e. The minimum atomic E-state index is -0.960. The Kier molecular flexibility index (Phi) is 4.21. The predicted octanol–water partition coefficient (Wildman–Crippen LogP) is 4.91. The third-order valence-electron chi connectivity index (χ3n) is 4.82. The van der Waals surface area contributed by atoms with Crippen LogP contribution in [0.15, 0.2) is 67.0 Å². The van der Waals surface area contributed by atoms with Crippen LogP contribution in [0.3, 0.4) is 0 Å². The molecule has 4 nitrogen and oxygen atoms in total. The molecule has 0 aliphatic carbocycles. The second-order valence-corrected chi connectivity index (χ2v) is 7.20. The number of fused-ring (bicyclic) bond motifs is 1. The molecule has 0 spiro atoms. The SMILES string of the molecule is CC(C)(O)c1ccn2c(-c3ccc(F)c(-c4ccccc4C#N)c3)cnc2c1. The molecule has 0 radical (unpaired) electrons. The van der Waals surface area contributed by atoms with Crippen LogP contribution in [0.1, 0.15) is 25.0 Å². The van der Waals surface area contributed by atoms with Crippen LogP contribution in [0.4, 0.5) is 4.39 Å². The molecule has 1 N–H and O–H groups in total. The number of pyridine rings is 1. The number of hydrogen-bond donors (Lipinski definition) is 1. The van der Waals surface area contributed by atoms with Crippen molar-refractivity contribution in [2.75, 3.05) is 0 Å². The summed E-state index contributed by atoms with van der Waals surface area (Å²) in [5.41, 5.74) is 3.43. The zero-order valence-corrected chi connectivity index (χ0v) is 15.5. The highest BCUT2D eigenvalue weighted by Crippen LogP contribution is 2.31. The summed E-state index contributed by atoms with van der Waals surface area (Å²) in [6, 6.07) is 17.6. The topological polar surface area (TPSA) is 61.3 Å². The third-order valence-corrected chi connectivity index (χ3v) is 4.82. The Bertz CT molecular complexity index is 1230. The van der Waals surface area contributed by atoms with E-state index in [1.807, 2.05) is 22.7 Å². The van der Waals surface area contributed by atoms with Gasteiger partial charge in [-0.1, -0.05) is 18.2 Å². The highest BCUT2D eigenvalue weighted by atomic mass is 19.1. The Hall–Kier alpha value is -3.49. The number of nitrogens with zero attached hydrogens (tertiary/aromatic N) is 3. The van der Waals surface area contributed by atoms with Crippen LogP contribution in [0, 0.1) is 17.1 Å². The maximum absolute atomic E-state index is 14.6. The fourth-order valence-electron chi connectivity index (χ4n) is 3.28. The van der Waals surface area contributed by atoms with E-state index in [0.29, 0.717) is 22.3 Å². The summed E-state index contributed by atoms with van der Waals surface area (Å²) in [6.45, 7) is 3.45. The van der Waals surface area contributed by atoms with Gasteiger partial charge in [0.2, 0.25) is 0 Å². The van der Waals surface area contributed by atoms with E-state index in [1.165, 1.54) is 6.07 Å². The van der Waals surface area contributed by atoms with Crippen molar-refractivity contribution in [3.63, 3.8) is 0 Å². The molecule has 0 saturated heterocycles. The molecule has 4 rings (SSSR count). The molecule has 0 atom stereocenters. The van der Waals surface area contributed by atoms with Crippen molar-refractivity contribution in [2.24, 2.45) is 0 Å². The second kappa shape index (κ2) is 6.59. The van der Waals surface area contributed by atoms with Gasteiger partial charge in [0.05, 0.1) is 29.1 Å². The number of benzene rings is 2. The average Bonchev–Trinajstić information content (AvgIpc) is 3.11. The highest BCUT2D eigenvalue weighted by Gasteiger charge is 2.18. The van der Waals surface area contributed by atoms with Gasteiger partial charge in [-0.2, -0.15) is 5.26 Å². The molecule has 0 fully saturated rings. The van der Waals surface area contributed by atoms with Crippen LogP contribution >= 0.6 is 0 Å². The quantitative estimate of drug-likeness (QED) is 0.557. The summed E-state index contributed by atoms with van der Waals surface area (Å²) in [4.78, 5) is 4.43. The van der Waals surface area contributed by atoms with Gasteiger partial charge >= 0.3 is 0 Å². The van der Waals surface area contributed by atoms with E-state index in [1.54, 1.807) is 56.4 Å². The molecule has 28 heavy (non-hydrogen) atoms. The van der Waals surface area contributed by atoms with Gasteiger partial charge in [0.25, 0.3) is 0 Å². The summed E-state index contributed by atoms with van der Waals surface area (Å²) in [5.74, 6) is -0.385. The van der Waals surface area contributed by atoms with Crippen molar-refractivity contribution in [1.29, 1.82) is 5.26 Å². The summed E-state index contributed by atoms with van der Waals surface area (Å²) in [6.07, 6.45) is 3.56. The lowest BCUT2D eigenvalue weighted by molar-refractivity contribution is 0.0786. The van der Waals surface area contributed by atoms with Crippen LogP contribution in [-0.2, 0) is 5.60 Å². The second-order valence-electron chi connectivity index (χ2n) is 7.20. The Morgan fingerprint density at radius 1 is 1.07 bits per heavy atom. The monoisotopic (exact) mass is 371 g/mol. The number of imidazole rings is 1. The Morgan fingerprint density at radius 2 is 1.86 bits per heavy atom. The van der Waals surface area contributed by atoms with E-state index in [4.69, 9.17) is 0 Å². The van der Waals surface area contributed by atoms with Crippen molar-refractivity contribution in [2.45, 2.75) is 19.4 Å². The predicted molar refractivity (Wildman–Crippen MR) is 106 cm³/mol. The van der Waals surface area contributed by atoms with Gasteiger partial charge in [-0.05, 0) is 55.8 Å². The average molecular weight is 371 g/mol. The lowest BCUT2D eigenvalue weighted by Gasteiger charge is -2.17. The molecular weight excluding hydrogens is 353 g/mol. The van der Waals surface area contributed by atoms with Gasteiger partial charge in [0, 0.05) is 22.9 Å². The van der Waals surface area contributed by atoms with Crippen molar-refractivity contribution in [3.05, 3.63) is 83.9 Å². The zero-order chi connectivity index (χ0) is 19.9. The molecular formula is C23H18FN3O. The standard InChI is InChI=1S/C23H18FN3O/c1-23(2,28)17-9-10-27-21(14-26-22(27)12-17)15-7-8-20(24)19(11-15)18-6-4-3-5-16(18)13-25/h3-12,14,28H,1-2H3. The van der Waals surface area contributed by atoms with Crippen molar-refractivity contribution in [3.8, 4) is 28.5 Å². The fourth-order valence-corrected chi connectivity index (χ4v) is 3.28. The summed E-state index contributed by atoms with van der Waals surface area (Å²) in [5, 5.41) is 19.6. The summed E-state index contributed by atoms with van der Waals surface area (Å²) in [7, 11) is 0. The third kappa shape index (κ3) is 3.04. The van der Waals surface area contributed by atoms with E-state index in [-0.39, 0.29) is 5.82 Å². The number of rotatable bonds is 3. The van der Waals surface area contributed by atoms with Gasteiger partial charge < -0.3 is 5.11 Å². The van der Waals surface area contributed by atoms with Crippen LogP contribution in [0.5, 0.6) is 0 Å². The first kappa shape index (κ1) is 17.9. The molecule has 0 amide bonds. The number of nitriles is 1. The van der Waals surface area contributed by atoms with Gasteiger partial charge in [0.1, 0.15) is 11.5 Å². The molecule has 0 saturated carbocycles. The first-order chi connectivity index (χ1) is 13.4. The molecule has 0 aliphatic heterocycles. The fraction of sp³-hybridized carbons (Fsp3) is 0.130. The normalized spacial score (nSPS) is 11.5. The van der Waals surface area contributed by atoms with Crippen LogP contribution < -0.4 is 0 Å². The number of aromatic nitrogens is 2. The molecule has 2 heterocycles. The van der Waals surface area contributed by atoms with Gasteiger partial charge in [0.15, 0.2) is 0 Å². The molecule has 0 bridgehead atoms. The molecule has 0 aliphatic rings. The number of halogens is 1. The van der Waals surface area contributed by atoms with Crippen LogP contribution in [0.25, 0.3) is 28.0 Å². The Balaban J connectivity index is 1.86. The smallest absolute Gasteiger partial charge is 0.137 e. The van der Waals surface area contributed by atoms with Crippen LogP contribution in [0.2, 0.25) is 0 Å². The first-order valence-corrected chi connectivity index (χ1v) is 8.88. The Morgan fingerprint density at radius 3 is 2.61 bits per heavy atom. The molecule has 4 aromatic rings. The van der Waals surface area contributed by atoms with E-state index in [2.05, 4.69) is 11.1 Å². The summed E-state index contributed by atoms with van der Waals surface area (Å²) >= 11 is 0. The number of hydrogen-bond acceptors (Lipinski definition) is 3. The van der Waals surface area contributed by atoms with E-state index < -0.39 is 5.60 Å². The van der Waals surface area contributed by atoms with Crippen molar-refractivity contribution < 1.29 is 9.50 Å². The molecule has 2 aromatic carbocycles. The maximum Gasteiger partial charge on any atom is 0.137 e. The van der Waals surface area contributed by atoms with Crippen LogP contribution in [-0.4, -0.2) is 14.5 Å². The Labute approximate surface area is 162 Å².